The molecule has 5 heteroatoms. The molecule has 1 aliphatic rings. The first-order chi connectivity index (χ1) is 7.74. The van der Waals surface area contributed by atoms with Gasteiger partial charge in [0.05, 0.1) is 5.25 Å². The molecule has 16 heavy (non-hydrogen) atoms. The number of aryl methyl sites for hydroxylation is 1. The van der Waals surface area contributed by atoms with Crippen LogP contribution in [0, 0.1) is 6.92 Å². The average molecular weight is 271 g/mol. The van der Waals surface area contributed by atoms with Crippen LogP contribution in [0.15, 0.2) is 6.07 Å². The second-order valence-electron chi connectivity index (χ2n) is 3.95. The second kappa shape index (κ2) is 4.17. The van der Waals surface area contributed by atoms with E-state index in [9.17, 15) is 0 Å². The van der Waals surface area contributed by atoms with Crippen molar-refractivity contribution >= 4 is 44.9 Å². The smallest absolute Gasteiger partial charge is 0.144 e. The van der Waals surface area contributed by atoms with Gasteiger partial charge in [-0.15, -0.1) is 11.3 Å². The first kappa shape index (κ1) is 10.8. The fourth-order valence-electron chi connectivity index (χ4n) is 1.95. The van der Waals surface area contributed by atoms with Crippen LogP contribution in [-0.2, 0) is 0 Å². The molecular weight excluding hydrogens is 260 g/mol. The van der Waals surface area contributed by atoms with Crippen LogP contribution in [0.4, 0.5) is 0 Å². The average Bonchev–Trinajstić information content (AvgIpc) is 2.84. The molecule has 1 fully saturated rings. The van der Waals surface area contributed by atoms with Crippen molar-refractivity contribution in [3.05, 3.63) is 21.9 Å². The summed E-state index contributed by atoms with van der Waals surface area (Å²) in [6.07, 6.45) is 2.44. The van der Waals surface area contributed by atoms with Crippen LogP contribution >= 0.6 is 34.7 Å². The molecule has 1 aliphatic heterocycles. The summed E-state index contributed by atoms with van der Waals surface area (Å²) in [6.45, 7) is 2.08. The van der Waals surface area contributed by atoms with E-state index < -0.39 is 0 Å². The van der Waals surface area contributed by atoms with Crippen molar-refractivity contribution < 1.29 is 0 Å². The summed E-state index contributed by atoms with van der Waals surface area (Å²) in [5, 5.41) is 2.05. The zero-order valence-corrected chi connectivity index (χ0v) is 11.3. The first-order valence-electron chi connectivity index (χ1n) is 5.29. The van der Waals surface area contributed by atoms with E-state index in [4.69, 9.17) is 11.6 Å². The highest BCUT2D eigenvalue weighted by Crippen LogP contribution is 2.40. The van der Waals surface area contributed by atoms with Crippen LogP contribution in [-0.4, -0.2) is 15.7 Å². The summed E-state index contributed by atoms with van der Waals surface area (Å²) in [5.41, 5.74) is 0. The highest BCUT2D eigenvalue weighted by molar-refractivity contribution is 7.99. The Morgan fingerprint density at radius 3 is 3.06 bits per heavy atom. The predicted octanol–water partition coefficient (Wildman–Crippen LogP) is 4.22. The number of rotatable bonds is 1. The Bertz CT molecular complexity index is 532. The molecule has 2 nitrogen and oxygen atoms in total. The number of halogens is 1. The number of hydrogen-bond donors (Lipinski definition) is 0. The zero-order chi connectivity index (χ0) is 11.1. The van der Waals surface area contributed by atoms with Gasteiger partial charge in [0.1, 0.15) is 15.8 Å². The Morgan fingerprint density at radius 1 is 1.44 bits per heavy atom. The topological polar surface area (TPSA) is 25.8 Å². The van der Waals surface area contributed by atoms with Gasteiger partial charge in [0.15, 0.2) is 0 Å². The van der Waals surface area contributed by atoms with Crippen LogP contribution in [0.2, 0.25) is 5.15 Å². The number of thiophene rings is 1. The van der Waals surface area contributed by atoms with E-state index in [1.165, 1.54) is 23.5 Å². The molecular formula is C11H11ClN2S2. The van der Waals surface area contributed by atoms with E-state index in [0.29, 0.717) is 10.4 Å². The third kappa shape index (κ3) is 1.83. The molecule has 1 atom stereocenters. The lowest BCUT2D eigenvalue weighted by Crippen LogP contribution is -1.97. The fraction of sp³-hybridized carbons (Fsp3) is 0.455. The minimum absolute atomic E-state index is 0.448. The Hall–Kier alpha value is -0.320. The summed E-state index contributed by atoms with van der Waals surface area (Å²) in [7, 11) is 0. The number of aromatic nitrogens is 2. The molecule has 0 N–H and O–H groups in total. The predicted molar refractivity (Wildman–Crippen MR) is 71.6 cm³/mol. The van der Waals surface area contributed by atoms with Gasteiger partial charge in [-0.1, -0.05) is 11.6 Å². The summed E-state index contributed by atoms with van der Waals surface area (Å²) in [6, 6.07) is 2.06. The summed E-state index contributed by atoms with van der Waals surface area (Å²) in [5.74, 6) is 2.13. The molecule has 84 valence electrons. The number of thioether (sulfide) groups is 1. The van der Waals surface area contributed by atoms with E-state index in [2.05, 4.69) is 23.0 Å². The lowest BCUT2D eigenvalue weighted by Gasteiger charge is -2.06. The molecule has 1 unspecified atom stereocenters. The summed E-state index contributed by atoms with van der Waals surface area (Å²) in [4.78, 5) is 11.3. The molecule has 3 rings (SSSR count). The van der Waals surface area contributed by atoms with E-state index in [1.807, 2.05) is 11.8 Å². The maximum Gasteiger partial charge on any atom is 0.144 e. The maximum absolute atomic E-state index is 6.20. The molecule has 2 aromatic rings. The van der Waals surface area contributed by atoms with Gasteiger partial charge in [0, 0.05) is 10.3 Å². The normalized spacial score (nSPS) is 20.8. The van der Waals surface area contributed by atoms with Crippen molar-refractivity contribution in [1.29, 1.82) is 0 Å². The van der Waals surface area contributed by atoms with E-state index in [1.54, 1.807) is 11.3 Å². The van der Waals surface area contributed by atoms with Gasteiger partial charge in [-0.25, -0.2) is 9.97 Å². The molecule has 0 amide bonds. The van der Waals surface area contributed by atoms with Crippen molar-refractivity contribution in [3.63, 3.8) is 0 Å². The van der Waals surface area contributed by atoms with E-state index >= 15 is 0 Å². The number of nitrogens with zero attached hydrogens (tertiary/aromatic N) is 2. The second-order valence-corrected chi connectivity index (χ2v) is 6.85. The van der Waals surface area contributed by atoms with Gasteiger partial charge in [-0.2, -0.15) is 11.8 Å². The summed E-state index contributed by atoms with van der Waals surface area (Å²) < 4.78 is 0. The minimum atomic E-state index is 0.448. The van der Waals surface area contributed by atoms with Gasteiger partial charge in [-0.05, 0) is 31.6 Å². The van der Waals surface area contributed by atoms with Gasteiger partial charge >= 0.3 is 0 Å². The largest absolute Gasteiger partial charge is 0.221 e. The molecule has 0 aromatic carbocycles. The Labute approximate surface area is 107 Å². The van der Waals surface area contributed by atoms with Crippen molar-refractivity contribution in [2.24, 2.45) is 0 Å². The molecule has 1 saturated heterocycles. The van der Waals surface area contributed by atoms with Gasteiger partial charge in [0.25, 0.3) is 0 Å². The van der Waals surface area contributed by atoms with Crippen LogP contribution in [0.1, 0.15) is 28.8 Å². The van der Waals surface area contributed by atoms with Crippen molar-refractivity contribution in [2.75, 3.05) is 5.75 Å². The molecule has 2 aromatic heterocycles. The maximum atomic E-state index is 6.20. The molecule has 0 bridgehead atoms. The highest BCUT2D eigenvalue weighted by Gasteiger charge is 2.22. The fourth-order valence-corrected chi connectivity index (χ4v) is 4.33. The van der Waals surface area contributed by atoms with Crippen LogP contribution in [0.25, 0.3) is 10.2 Å². The summed E-state index contributed by atoms with van der Waals surface area (Å²) >= 11 is 9.84. The Kier molecular flexibility index (Phi) is 2.81. The highest BCUT2D eigenvalue weighted by atomic mass is 35.5. The standard InChI is InChI=1S/C11H11ClN2S2/c1-6-5-7-9(12)13-10(14-11(7)16-6)8-3-2-4-15-8/h5,8H,2-4H2,1H3. The third-order valence-corrected chi connectivity index (χ3v) is 5.31. The lowest BCUT2D eigenvalue weighted by molar-refractivity contribution is 0.783. The molecule has 0 aliphatic carbocycles. The van der Waals surface area contributed by atoms with Gasteiger partial charge in [0.2, 0.25) is 0 Å². The van der Waals surface area contributed by atoms with Crippen LogP contribution < -0.4 is 0 Å². The Balaban J connectivity index is 2.12. The zero-order valence-electron chi connectivity index (χ0n) is 8.86. The first-order valence-corrected chi connectivity index (χ1v) is 7.53. The van der Waals surface area contributed by atoms with Crippen LogP contribution in [0.5, 0.6) is 0 Å². The molecule has 0 spiro atoms. The van der Waals surface area contributed by atoms with Crippen LogP contribution in [0.3, 0.4) is 0 Å². The molecule has 3 heterocycles. The minimum Gasteiger partial charge on any atom is -0.221 e. The molecule has 0 saturated carbocycles. The van der Waals surface area contributed by atoms with Crippen molar-refractivity contribution in [2.45, 2.75) is 25.0 Å². The van der Waals surface area contributed by atoms with Crippen molar-refractivity contribution in [3.8, 4) is 0 Å². The monoisotopic (exact) mass is 270 g/mol. The SMILES string of the molecule is Cc1cc2c(Cl)nc(C3CCCS3)nc2s1. The van der Waals surface area contributed by atoms with E-state index in [-0.39, 0.29) is 0 Å². The number of hydrogen-bond acceptors (Lipinski definition) is 4. The third-order valence-electron chi connectivity index (χ3n) is 2.70. The number of fused-ring (bicyclic) bond motifs is 1. The Morgan fingerprint density at radius 2 is 2.31 bits per heavy atom. The lowest BCUT2D eigenvalue weighted by atomic mass is 10.2. The van der Waals surface area contributed by atoms with Gasteiger partial charge in [-0.3, -0.25) is 0 Å². The van der Waals surface area contributed by atoms with Crippen molar-refractivity contribution in [1.82, 2.24) is 9.97 Å². The van der Waals surface area contributed by atoms with Gasteiger partial charge < -0.3 is 0 Å². The van der Waals surface area contributed by atoms with E-state index in [0.717, 1.165) is 16.0 Å². The molecule has 0 radical (unpaired) electrons. The quantitative estimate of drug-likeness (QED) is 0.726.